The summed E-state index contributed by atoms with van der Waals surface area (Å²) in [7, 11) is 0. The van der Waals surface area contributed by atoms with E-state index in [0.717, 1.165) is 5.69 Å². The highest BCUT2D eigenvalue weighted by Crippen LogP contribution is 2.29. The number of urea groups is 1. The molecule has 1 fully saturated rings. The molecule has 0 spiro atoms. The standard InChI is InChI=1S/C16H18ClN7O3/c17-11-7-10(1-2-12(11)23-6-4-19-15(26)9-23)20-16(27)21-14-3-5-24(22-14)8-13(18)25/h1-3,5,7H,4,6,8-9H2,(H2,18,25)(H,19,26)(H2,20,21,22,27). The van der Waals surface area contributed by atoms with Crippen molar-refractivity contribution in [2.24, 2.45) is 5.73 Å². The second-order valence-corrected chi connectivity index (χ2v) is 6.29. The fourth-order valence-electron chi connectivity index (χ4n) is 2.64. The van der Waals surface area contributed by atoms with Crippen LogP contribution in [0.2, 0.25) is 5.02 Å². The highest BCUT2D eigenvalue weighted by atomic mass is 35.5. The maximum absolute atomic E-state index is 12.1. The zero-order chi connectivity index (χ0) is 19.4. The number of piperazine rings is 1. The lowest BCUT2D eigenvalue weighted by molar-refractivity contribution is -0.120. The Labute approximate surface area is 159 Å². The summed E-state index contributed by atoms with van der Waals surface area (Å²) in [5.74, 6) is -0.319. The number of amides is 4. The zero-order valence-corrected chi connectivity index (χ0v) is 15.0. The van der Waals surface area contributed by atoms with Crippen molar-refractivity contribution in [1.29, 1.82) is 0 Å². The minimum atomic E-state index is -0.532. The Morgan fingerprint density at radius 2 is 2.11 bits per heavy atom. The van der Waals surface area contributed by atoms with Crippen molar-refractivity contribution in [1.82, 2.24) is 15.1 Å². The number of hydrogen-bond donors (Lipinski definition) is 4. The molecular formula is C16H18ClN7O3. The number of carbonyl (C=O) groups is 3. The van der Waals surface area contributed by atoms with Gasteiger partial charge in [0.15, 0.2) is 5.82 Å². The first-order valence-electron chi connectivity index (χ1n) is 8.11. The van der Waals surface area contributed by atoms with E-state index in [0.29, 0.717) is 23.8 Å². The van der Waals surface area contributed by atoms with Crippen LogP contribution in [-0.4, -0.2) is 47.3 Å². The van der Waals surface area contributed by atoms with Gasteiger partial charge < -0.3 is 21.3 Å². The quantitative estimate of drug-likeness (QED) is 0.592. The molecule has 0 atom stereocenters. The van der Waals surface area contributed by atoms with Gasteiger partial charge in [-0.3, -0.25) is 19.6 Å². The van der Waals surface area contributed by atoms with Crippen molar-refractivity contribution in [3.05, 3.63) is 35.5 Å². The van der Waals surface area contributed by atoms with E-state index in [1.165, 1.54) is 10.9 Å². The van der Waals surface area contributed by atoms with Crippen LogP contribution in [0.1, 0.15) is 0 Å². The van der Waals surface area contributed by atoms with Gasteiger partial charge in [0.05, 0.1) is 17.3 Å². The molecule has 10 nitrogen and oxygen atoms in total. The van der Waals surface area contributed by atoms with Gasteiger partial charge in [0.25, 0.3) is 0 Å². The number of benzene rings is 1. The Kier molecular flexibility index (Phi) is 5.46. The first kappa shape index (κ1) is 18.5. The fraction of sp³-hybridized carbons (Fsp3) is 0.250. The van der Waals surface area contributed by atoms with Crippen LogP contribution in [0.4, 0.5) is 22.0 Å². The fourth-order valence-corrected chi connectivity index (χ4v) is 2.94. The molecule has 0 radical (unpaired) electrons. The Hall–Kier alpha value is -3.27. The van der Waals surface area contributed by atoms with Gasteiger partial charge in [0.1, 0.15) is 6.54 Å². The number of halogens is 1. The van der Waals surface area contributed by atoms with Crippen molar-refractivity contribution in [2.45, 2.75) is 6.54 Å². The summed E-state index contributed by atoms with van der Waals surface area (Å²) in [6, 6.07) is 6.08. The summed E-state index contributed by atoms with van der Waals surface area (Å²) in [4.78, 5) is 36.3. The van der Waals surface area contributed by atoms with Gasteiger partial charge in [-0.1, -0.05) is 11.6 Å². The van der Waals surface area contributed by atoms with E-state index in [9.17, 15) is 14.4 Å². The highest BCUT2D eigenvalue weighted by Gasteiger charge is 2.19. The van der Waals surface area contributed by atoms with Gasteiger partial charge in [-0.05, 0) is 18.2 Å². The first-order chi connectivity index (χ1) is 12.9. The normalized spacial score (nSPS) is 13.8. The molecule has 2 heterocycles. The van der Waals surface area contributed by atoms with E-state index in [2.05, 4.69) is 21.0 Å². The van der Waals surface area contributed by atoms with Crippen LogP contribution >= 0.6 is 11.6 Å². The average Bonchev–Trinajstić information content (AvgIpc) is 3.00. The van der Waals surface area contributed by atoms with Gasteiger partial charge in [-0.25, -0.2) is 4.79 Å². The number of hydrogen-bond acceptors (Lipinski definition) is 5. The average molecular weight is 392 g/mol. The number of nitrogens with two attached hydrogens (primary N) is 1. The largest absolute Gasteiger partial charge is 0.368 e. The first-order valence-corrected chi connectivity index (χ1v) is 8.49. The molecule has 5 N–H and O–H groups in total. The van der Waals surface area contributed by atoms with Crippen molar-refractivity contribution in [3.63, 3.8) is 0 Å². The van der Waals surface area contributed by atoms with Crippen LogP contribution in [-0.2, 0) is 16.1 Å². The summed E-state index contributed by atoms with van der Waals surface area (Å²) < 4.78 is 1.32. The molecule has 0 bridgehead atoms. The third-order valence-electron chi connectivity index (χ3n) is 3.78. The molecule has 1 aromatic heterocycles. The van der Waals surface area contributed by atoms with Crippen LogP contribution < -0.4 is 26.6 Å². The van der Waals surface area contributed by atoms with Crippen molar-refractivity contribution >= 4 is 46.6 Å². The minimum absolute atomic E-state index is 0.0605. The number of anilines is 3. The molecule has 0 unspecified atom stereocenters. The predicted octanol–water partition coefficient (Wildman–Crippen LogP) is 0.602. The second-order valence-electron chi connectivity index (χ2n) is 5.88. The van der Waals surface area contributed by atoms with Crippen LogP contribution in [0.5, 0.6) is 0 Å². The molecule has 142 valence electrons. The molecule has 2 aromatic rings. The molecule has 1 aromatic carbocycles. The van der Waals surface area contributed by atoms with Crippen molar-refractivity contribution < 1.29 is 14.4 Å². The van der Waals surface area contributed by atoms with Gasteiger partial charge >= 0.3 is 6.03 Å². The lowest BCUT2D eigenvalue weighted by Crippen LogP contribution is -2.47. The monoisotopic (exact) mass is 391 g/mol. The molecule has 27 heavy (non-hydrogen) atoms. The highest BCUT2D eigenvalue weighted by molar-refractivity contribution is 6.33. The van der Waals surface area contributed by atoms with E-state index in [-0.39, 0.29) is 24.8 Å². The van der Waals surface area contributed by atoms with Crippen LogP contribution in [0.25, 0.3) is 0 Å². The van der Waals surface area contributed by atoms with Crippen molar-refractivity contribution in [2.75, 3.05) is 35.2 Å². The van der Waals surface area contributed by atoms with E-state index in [1.807, 2.05) is 4.90 Å². The Morgan fingerprint density at radius 1 is 1.30 bits per heavy atom. The SMILES string of the molecule is NC(=O)Cn1ccc(NC(=O)Nc2ccc(N3CCNC(=O)C3)c(Cl)c2)n1. The molecule has 11 heteroatoms. The molecule has 3 rings (SSSR count). The third kappa shape index (κ3) is 4.88. The summed E-state index contributed by atoms with van der Waals surface area (Å²) in [5.41, 5.74) is 6.30. The van der Waals surface area contributed by atoms with Crippen LogP contribution in [0.15, 0.2) is 30.5 Å². The Bertz CT molecular complexity index is 883. The maximum Gasteiger partial charge on any atom is 0.324 e. The molecule has 1 aliphatic heterocycles. The number of nitrogens with one attached hydrogen (secondary N) is 3. The number of carbonyl (C=O) groups excluding carboxylic acids is 3. The van der Waals surface area contributed by atoms with Crippen LogP contribution in [0, 0.1) is 0 Å². The molecule has 4 amide bonds. The van der Waals surface area contributed by atoms with Gasteiger partial charge in [-0.2, -0.15) is 5.10 Å². The maximum atomic E-state index is 12.1. The molecule has 1 saturated heterocycles. The number of rotatable bonds is 5. The number of aromatic nitrogens is 2. The van der Waals surface area contributed by atoms with E-state index >= 15 is 0 Å². The lowest BCUT2D eigenvalue weighted by Gasteiger charge is -2.29. The zero-order valence-electron chi connectivity index (χ0n) is 14.2. The van der Waals surface area contributed by atoms with Crippen molar-refractivity contribution in [3.8, 4) is 0 Å². The predicted molar refractivity (Wildman–Crippen MR) is 101 cm³/mol. The van der Waals surface area contributed by atoms with Gasteiger partial charge in [-0.15, -0.1) is 0 Å². The number of primary amides is 1. The van der Waals surface area contributed by atoms with E-state index in [1.54, 1.807) is 24.3 Å². The minimum Gasteiger partial charge on any atom is -0.368 e. The smallest absolute Gasteiger partial charge is 0.324 e. The molecule has 0 saturated carbocycles. The lowest BCUT2D eigenvalue weighted by atomic mass is 10.2. The second kappa shape index (κ2) is 7.96. The molecular weight excluding hydrogens is 374 g/mol. The summed E-state index contributed by atoms with van der Waals surface area (Å²) in [6.07, 6.45) is 1.53. The van der Waals surface area contributed by atoms with Crippen LogP contribution in [0.3, 0.4) is 0 Å². The molecule has 1 aliphatic rings. The van der Waals surface area contributed by atoms with Gasteiger partial charge in [0, 0.05) is 31.0 Å². The molecule has 0 aliphatic carbocycles. The Morgan fingerprint density at radius 3 is 2.81 bits per heavy atom. The van der Waals surface area contributed by atoms with Gasteiger partial charge in [0.2, 0.25) is 11.8 Å². The summed E-state index contributed by atoms with van der Waals surface area (Å²) in [5, 5.41) is 12.4. The topological polar surface area (TPSA) is 134 Å². The summed E-state index contributed by atoms with van der Waals surface area (Å²) in [6.45, 7) is 1.38. The third-order valence-corrected chi connectivity index (χ3v) is 4.09. The summed E-state index contributed by atoms with van der Waals surface area (Å²) >= 11 is 6.30. The number of nitrogens with zero attached hydrogens (tertiary/aromatic N) is 3. The van der Waals surface area contributed by atoms with E-state index in [4.69, 9.17) is 17.3 Å². The van der Waals surface area contributed by atoms with E-state index < -0.39 is 11.9 Å². The Balaban J connectivity index is 1.61.